The first-order valence-corrected chi connectivity index (χ1v) is 10.8. The second kappa shape index (κ2) is 9.45. The third kappa shape index (κ3) is 4.55. The van der Waals surface area contributed by atoms with Gasteiger partial charge < -0.3 is 14.8 Å². The standard InChI is InChI=1S/C23H30N6O2/c1-16-19(20-5-3-4-6-21(20)28(16)2)7-10-24-13-17-8-11-29(12-9-17)23-25-14-18(15-26-23)22(30)27-31/h3-6,14-15,17,24,31H,7-13H2,1-2H3,(H,27,30). The van der Waals surface area contributed by atoms with Crippen LogP contribution in [0.25, 0.3) is 10.9 Å². The number of anilines is 1. The molecule has 3 heterocycles. The molecule has 1 fully saturated rings. The highest BCUT2D eigenvalue weighted by Crippen LogP contribution is 2.25. The number of hydroxylamine groups is 1. The third-order valence-corrected chi connectivity index (χ3v) is 6.41. The monoisotopic (exact) mass is 422 g/mol. The second-order valence-electron chi connectivity index (χ2n) is 8.24. The van der Waals surface area contributed by atoms with Gasteiger partial charge in [0.1, 0.15) is 0 Å². The molecule has 0 unspecified atom stereocenters. The Balaban J connectivity index is 1.23. The van der Waals surface area contributed by atoms with Gasteiger partial charge in [-0.15, -0.1) is 0 Å². The number of nitrogens with one attached hydrogen (secondary N) is 2. The molecule has 164 valence electrons. The van der Waals surface area contributed by atoms with Crippen LogP contribution in [0.3, 0.4) is 0 Å². The topological polar surface area (TPSA) is 95.3 Å². The largest absolute Gasteiger partial charge is 0.348 e. The molecule has 8 heteroatoms. The maximum absolute atomic E-state index is 11.4. The number of piperidine rings is 1. The van der Waals surface area contributed by atoms with Crippen molar-refractivity contribution in [2.45, 2.75) is 26.2 Å². The van der Waals surface area contributed by atoms with Gasteiger partial charge in [0.25, 0.3) is 5.91 Å². The lowest BCUT2D eigenvalue weighted by atomic mass is 9.97. The van der Waals surface area contributed by atoms with Crippen molar-refractivity contribution in [2.24, 2.45) is 13.0 Å². The smallest absolute Gasteiger partial charge is 0.277 e. The summed E-state index contributed by atoms with van der Waals surface area (Å²) in [5.41, 5.74) is 5.92. The Hall–Kier alpha value is -2.97. The predicted octanol–water partition coefficient (Wildman–Crippen LogP) is 2.44. The van der Waals surface area contributed by atoms with E-state index in [-0.39, 0.29) is 5.56 Å². The molecule has 0 aliphatic carbocycles. The van der Waals surface area contributed by atoms with Gasteiger partial charge in [0.15, 0.2) is 0 Å². The zero-order chi connectivity index (χ0) is 21.8. The summed E-state index contributed by atoms with van der Waals surface area (Å²) in [6, 6.07) is 8.62. The molecule has 1 amide bonds. The Morgan fingerprint density at radius 1 is 1.19 bits per heavy atom. The van der Waals surface area contributed by atoms with Crippen LogP contribution in [0.1, 0.15) is 34.5 Å². The van der Waals surface area contributed by atoms with Crippen LogP contribution in [0.4, 0.5) is 5.95 Å². The molecule has 4 rings (SSSR count). The number of nitrogens with zero attached hydrogens (tertiary/aromatic N) is 4. The van der Waals surface area contributed by atoms with Gasteiger partial charge in [-0.2, -0.15) is 0 Å². The Labute approximate surface area is 182 Å². The molecular weight excluding hydrogens is 392 g/mol. The van der Waals surface area contributed by atoms with E-state index in [0.717, 1.165) is 45.4 Å². The van der Waals surface area contributed by atoms with Crippen LogP contribution in [0.15, 0.2) is 36.7 Å². The van der Waals surface area contributed by atoms with Crippen molar-refractivity contribution in [3.8, 4) is 0 Å². The minimum absolute atomic E-state index is 0.242. The summed E-state index contributed by atoms with van der Waals surface area (Å²) in [5, 5.41) is 13.7. The Morgan fingerprint density at radius 3 is 2.61 bits per heavy atom. The van der Waals surface area contributed by atoms with E-state index in [1.807, 2.05) is 0 Å². The molecular formula is C23H30N6O2. The number of fused-ring (bicyclic) bond motifs is 1. The highest BCUT2D eigenvalue weighted by Gasteiger charge is 2.21. The average Bonchev–Trinajstić information content (AvgIpc) is 3.06. The molecule has 0 spiro atoms. The van der Waals surface area contributed by atoms with Crippen LogP contribution in [0, 0.1) is 12.8 Å². The van der Waals surface area contributed by atoms with E-state index in [1.165, 1.54) is 34.6 Å². The van der Waals surface area contributed by atoms with Crippen LogP contribution < -0.4 is 15.7 Å². The molecule has 0 saturated carbocycles. The number of carbonyl (C=O) groups is 1. The van der Waals surface area contributed by atoms with Crippen molar-refractivity contribution in [1.29, 1.82) is 0 Å². The summed E-state index contributed by atoms with van der Waals surface area (Å²) in [4.78, 5) is 22.1. The lowest BCUT2D eigenvalue weighted by Crippen LogP contribution is -2.38. The number of carbonyl (C=O) groups excluding carboxylic acids is 1. The highest BCUT2D eigenvalue weighted by molar-refractivity contribution is 5.92. The first-order chi connectivity index (χ1) is 15.1. The van der Waals surface area contributed by atoms with E-state index in [9.17, 15) is 4.79 Å². The Bertz CT molecular complexity index is 1040. The van der Waals surface area contributed by atoms with Crippen molar-refractivity contribution in [3.05, 3.63) is 53.5 Å². The molecule has 0 atom stereocenters. The molecule has 3 aromatic rings. The lowest BCUT2D eigenvalue weighted by molar-refractivity contribution is 0.0705. The number of hydrogen-bond acceptors (Lipinski definition) is 6. The number of rotatable bonds is 7. The van der Waals surface area contributed by atoms with Gasteiger partial charge in [0.2, 0.25) is 5.95 Å². The lowest BCUT2D eigenvalue weighted by Gasteiger charge is -2.32. The van der Waals surface area contributed by atoms with Crippen LogP contribution in [-0.2, 0) is 13.5 Å². The predicted molar refractivity (Wildman–Crippen MR) is 120 cm³/mol. The van der Waals surface area contributed by atoms with E-state index in [1.54, 1.807) is 5.48 Å². The summed E-state index contributed by atoms with van der Waals surface area (Å²) < 4.78 is 2.28. The SMILES string of the molecule is Cc1c(CCNCC2CCN(c3ncc(C(=O)NO)cn3)CC2)c2ccccc2n1C. The molecule has 0 radical (unpaired) electrons. The zero-order valence-electron chi connectivity index (χ0n) is 18.1. The molecule has 1 saturated heterocycles. The molecule has 0 bridgehead atoms. The number of aromatic nitrogens is 3. The minimum Gasteiger partial charge on any atom is -0.348 e. The fourth-order valence-electron chi connectivity index (χ4n) is 4.44. The molecule has 3 N–H and O–H groups in total. The van der Waals surface area contributed by atoms with Crippen molar-refractivity contribution in [1.82, 2.24) is 25.3 Å². The molecule has 31 heavy (non-hydrogen) atoms. The first-order valence-electron chi connectivity index (χ1n) is 10.8. The van der Waals surface area contributed by atoms with Gasteiger partial charge >= 0.3 is 0 Å². The Morgan fingerprint density at radius 2 is 1.90 bits per heavy atom. The van der Waals surface area contributed by atoms with Crippen LogP contribution in [-0.4, -0.2) is 51.8 Å². The summed E-state index contributed by atoms with van der Waals surface area (Å²) >= 11 is 0. The van der Waals surface area contributed by atoms with Crippen molar-refractivity contribution in [3.63, 3.8) is 0 Å². The summed E-state index contributed by atoms with van der Waals surface area (Å²) in [6.07, 6.45) is 6.09. The van der Waals surface area contributed by atoms with Crippen molar-refractivity contribution < 1.29 is 10.0 Å². The highest BCUT2D eigenvalue weighted by atomic mass is 16.5. The maximum Gasteiger partial charge on any atom is 0.277 e. The van der Waals surface area contributed by atoms with Crippen LogP contribution in [0.2, 0.25) is 0 Å². The van der Waals surface area contributed by atoms with E-state index >= 15 is 0 Å². The quantitative estimate of drug-likeness (QED) is 0.308. The van der Waals surface area contributed by atoms with Gasteiger partial charge in [-0.3, -0.25) is 10.0 Å². The van der Waals surface area contributed by atoms with Crippen LogP contribution >= 0.6 is 0 Å². The molecule has 1 aromatic carbocycles. The van der Waals surface area contributed by atoms with Gasteiger partial charge in [-0.25, -0.2) is 15.4 Å². The fraction of sp³-hybridized carbons (Fsp3) is 0.435. The zero-order valence-corrected chi connectivity index (χ0v) is 18.1. The van der Waals surface area contributed by atoms with Gasteiger partial charge in [0, 0.05) is 49.1 Å². The molecule has 8 nitrogen and oxygen atoms in total. The van der Waals surface area contributed by atoms with Gasteiger partial charge in [-0.05, 0) is 56.8 Å². The maximum atomic E-state index is 11.4. The summed E-state index contributed by atoms with van der Waals surface area (Å²) in [5.74, 6) is 0.673. The average molecular weight is 423 g/mol. The van der Waals surface area contributed by atoms with Crippen molar-refractivity contribution >= 4 is 22.8 Å². The van der Waals surface area contributed by atoms with E-state index in [2.05, 4.69) is 63.0 Å². The number of para-hydroxylation sites is 1. The van der Waals surface area contributed by atoms with E-state index in [4.69, 9.17) is 5.21 Å². The number of amides is 1. The Kier molecular flexibility index (Phi) is 6.48. The molecule has 1 aliphatic heterocycles. The first kappa shape index (κ1) is 21.3. The normalized spacial score (nSPS) is 14.9. The molecule has 1 aliphatic rings. The van der Waals surface area contributed by atoms with E-state index in [0.29, 0.717) is 11.9 Å². The third-order valence-electron chi connectivity index (χ3n) is 6.41. The number of benzene rings is 1. The molecule has 2 aromatic heterocycles. The number of aryl methyl sites for hydroxylation is 1. The number of hydrogen-bond donors (Lipinski definition) is 3. The second-order valence-corrected chi connectivity index (χ2v) is 8.24. The van der Waals surface area contributed by atoms with Gasteiger partial charge in [-0.1, -0.05) is 18.2 Å². The summed E-state index contributed by atoms with van der Waals surface area (Å²) in [6.45, 7) is 6.01. The minimum atomic E-state index is -0.602. The fourth-order valence-corrected chi connectivity index (χ4v) is 4.44. The van der Waals surface area contributed by atoms with Crippen LogP contribution in [0.5, 0.6) is 0 Å². The summed E-state index contributed by atoms with van der Waals surface area (Å²) in [7, 11) is 2.14. The van der Waals surface area contributed by atoms with Gasteiger partial charge in [0.05, 0.1) is 5.56 Å². The van der Waals surface area contributed by atoms with E-state index < -0.39 is 5.91 Å². The van der Waals surface area contributed by atoms with Crippen molar-refractivity contribution in [2.75, 3.05) is 31.1 Å².